The van der Waals surface area contributed by atoms with Crippen LogP contribution in [0.5, 0.6) is 5.75 Å². The molecule has 1 N–H and O–H groups in total. The number of rotatable bonds is 6. The Hall–Kier alpha value is -2.69. The van der Waals surface area contributed by atoms with E-state index in [0.717, 1.165) is 11.1 Å². The first-order valence-electron chi connectivity index (χ1n) is 7.10. The van der Waals surface area contributed by atoms with Gasteiger partial charge >= 0.3 is 6.61 Å². The molecule has 3 nitrogen and oxygen atoms in total. The fourth-order valence-electron chi connectivity index (χ4n) is 2.05. The Morgan fingerprint density at radius 2 is 2.00 bits per heavy atom. The van der Waals surface area contributed by atoms with Crippen molar-refractivity contribution in [1.29, 1.82) is 0 Å². The van der Waals surface area contributed by atoms with Crippen LogP contribution < -0.4 is 10.1 Å². The van der Waals surface area contributed by atoms with Crippen molar-refractivity contribution in [3.05, 3.63) is 71.3 Å². The Labute approximate surface area is 133 Å². The van der Waals surface area contributed by atoms with Gasteiger partial charge < -0.3 is 10.1 Å². The number of carbonyl (C=O) groups excluding carboxylic acids is 1. The highest BCUT2D eigenvalue weighted by Crippen LogP contribution is 2.19. The van der Waals surface area contributed by atoms with Gasteiger partial charge in [-0.3, -0.25) is 4.79 Å². The van der Waals surface area contributed by atoms with Crippen molar-refractivity contribution < 1.29 is 18.3 Å². The van der Waals surface area contributed by atoms with Crippen LogP contribution in [0, 0.1) is 6.92 Å². The first-order valence-corrected chi connectivity index (χ1v) is 7.10. The molecule has 0 atom stereocenters. The Bertz CT molecular complexity index is 699. The van der Waals surface area contributed by atoms with Crippen LogP contribution in [0.1, 0.15) is 16.7 Å². The van der Waals surface area contributed by atoms with E-state index in [9.17, 15) is 13.6 Å². The van der Waals surface area contributed by atoms with E-state index in [0.29, 0.717) is 5.56 Å². The highest BCUT2D eigenvalue weighted by atomic mass is 19.3. The van der Waals surface area contributed by atoms with Gasteiger partial charge in [0.2, 0.25) is 5.91 Å². The van der Waals surface area contributed by atoms with Crippen LogP contribution in [0.15, 0.2) is 54.6 Å². The van der Waals surface area contributed by atoms with Crippen LogP contribution in [0.25, 0.3) is 6.08 Å². The Balaban J connectivity index is 1.94. The van der Waals surface area contributed by atoms with Crippen LogP contribution in [-0.2, 0) is 11.3 Å². The number of ether oxygens (including phenoxy) is 1. The summed E-state index contributed by atoms with van der Waals surface area (Å²) in [5.41, 5.74) is 2.51. The lowest BCUT2D eigenvalue weighted by atomic mass is 10.1. The molecule has 0 saturated heterocycles. The number of hydrogen-bond acceptors (Lipinski definition) is 2. The fraction of sp³-hybridized carbons (Fsp3) is 0.167. The number of halogens is 2. The molecule has 23 heavy (non-hydrogen) atoms. The minimum absolute atomic E-state index is 0.0606. The minimum Gasteiger partial charge on any atom is -0.434 e. The van der Waals surface area contributed by atoms with Crippen molar-refractivity contribution in [2.45, 2.75) is 20.1 Å². The van der Waals surface area contributed by atoms with Gasteiger partial charge in [-0.15, -0.1) is 0 Å². The number of nitrogens with one attached hydrogen (secondary N) is 1. The van der Waals surface area contributed by atoms with Gasteiger partial charge in [0.1, 0.15) is 5.75 Å². The van der Waals surface area contributed by atoms with Crippen LogP contribution in [0.4, 0.5) is 8.78 Å². The largest absolute Gasteiger partial charge is 0.434 e. The van der Waals surface area contributed by atoms with Crippen molar-refractivity contribution in [3.8, 4) is 5.75 Å². The number of alkyl halides is 2. The SMILES string of the molecule is Cc1cccc(C=CC(=O)NCc2ccccc2OC(F)F)c1. The predicted octanol–water partition coefficient (Wildman–Crippen LogP) is 3.93. The van der Waals surface area contributed by atoms with Crippen LogP contribution in [0.2, 0.25) is 0 Å². The summed E-state index contributed by atoms with van der Waals surface area (Å²) in [5, 5.41) is 2.65. The number of hydrogen-bond donors (Lipinski definition) is 1. The number of aryl methyl sites for hydroxylation is 1. The van der Waals surface area contributed by atoms with Gasteiger partial charge in [-0.1, -0.05) is 48.0 Å². The van der Waals surface area contributed by atoms with E-state index < -0.39 is 6.61 Å². The number of amides is 1. The van der Waals surface area contributed by atoms with Crippen molar-refractivity contribution >= 4 is 12.0 Å². The molecule has 1 amide bonds. The third kappa shape index (κ3) is 5.54. The van der Waals surface area contributed by atoms with E-state index in [1.807, 2.05) is 31.2 Å². The zero-order chi connectivity index (χ0) is 16.7. The molecule has 2 rings (SSSR count). The van der Waals surface area contributed by atoms with E-state index in [2.05, 4.69) is 10.1 Å². The van der Waals surface area contributed by atoms with E-state index in [1.165, 1.54) is 12.1 Å². The second kappa shape index (κ2) is 8.08. The fourth-order valence-corrected chi connectivity index (χ4v) is 2.05. The second-order valence-electron chi connectivity index (χ2n) is 4.95. The smallest absolute Gasteiger partial charge is 0.387 e. The van der Waals surface area contributed by atoms with Crippen LogP contribution >= 0.6 is 0 Å². The molecule has 0 heterocycles. The van der Waals surface area contributed by atoms with E-state index in [4.69, 9.17) is 0 Å². The van der Waals surface area contributed by atoms with E-state index >= 15 is 0 Å². The molecule has 0 spiro atoms. The van der Waals surface area contributed by atoms with Gasteiger partial charge in [0.05, 0.1) is 0 Å². The lowest BCUT2D eigenvalue weighted by molar-refractivity contribution is -0.116. The summed E-state index contributed by atoms with van der Waals surface area (Å²) in [5.74, 6) is -0.246. The van der Waals surface area contributed by atoms with Gasteiger partial charge in [-0.05, 0) is 24.6 Å². The van der Waals surface area contributed by atoms with E-state index in [-0.39, 0.29) is 18.2 Å². The normalized spacial score (nSPS) is 11.0. The van der Waals surface area contributed by atoms with Gasteiger partial charge in [0, 0.05) is 18.2 Å². The summed E-state index contributed by atoms with van der Waals surface area (Å²) in [7, 11) is 0. The molecule has 5 heteroatoms. The van der Waals surface area contributed by atoms with Crippen LogP contribution in [-0.4, -0.2) is 12.5 Å². The third-order valence-electron chi connectivity index (χ3n) is 3.11. The second-order valence-corrected chi connectivity index (χ2v) is 4.95. The van der Waals surface area contributed by atoms with Crippen molar-refractivity contribution in [3.63, 3.8) is 0 Å². The molecule has 120 valence electrons. The maximum absolute atomic E-state index is 12.3. The van der Waals surface area contributed by atoms with Gasteiger partial charge in [0.25, 0.3) is 0 Å². The monoisotopic (exact) mass is 317 g/mol. The summed E-state index contributed by atoms with van der Waals surface area (Å²) < 4.78 is 29.1. The Morgan fingerprint density at radius 1 is 1.22 bits per heavy atom. The molecular weight excluding hydrogens is 300 g/mol. The lowest BCUT2D eigenvalue weighted by Gasteiger charge is -2.10. The average molecular weight is 317 g/mol. The standard InChI is InChI=1S/C18H17F2NO2/c1-13-5-4-6-14(11-13)9-10-17(22)21-12-15-7-2-3-8-16(15)23-18(19)20/h2-11,18H,12H2,1H3,(H,21,22). The topological polar surface area (TPSA) is 38.3 Å². The maximum atomic E-state index is 12.3. The molecule has 0 radical (unpaired) electrons. The van der Waals surface area contributed by atoms with Gasteiger partial charge in [0.15, 0.2) is 0 Å². The maximum Gasteiger partial charge on any atom is 0.387 e. The average Bonchev–Trinajstić information content (AvgIpc) is 2.51. The first-order chi connectivity index (χ1) is 11.0. The number of carbonyl (C=O) groups is 1. The van der Waals surface area contributed by atoms with Crippen molar-refractivity contribution in [2.75, 3.05) is 0 Å². The number of benzene rings is 2. The molecule has 0 aromatic heterocycles. The Morgan fingerprint density at radius 3 is 2.74 bits per heavy atom. The molecule has 0 aliphatic heterocycles. The molecule has 0 fully saturated rings. The molecule has 0 saturated carbocycles. The third-order valence-corrected chi connectivity index (χ3v) is 3.11. The first kappa shape index (κ1) is 16.7. The van der Waals surface area contributed by atoms with Crippen LogP contribution in [0.3, 0.4) is 0 Å². The summed E-state index contributed by atoms with van der Waals surface area (Å²) in [6.45, 7) is -0.815. The molecule has 2 aromatic carbocycles. The van der Waals surface area contributed by atoms with Gasteiger partial charge in [-0.2, -0.15) is 8.78 Å². The molecule has 0 aliphatic carbocycles. The zero-order valence-corrected chi connectivity index (χ0v) is 12.6. The predicted molar refractivity (Wildman–Crippen MR) is 85.1 cm³/mol. The van der Waals surface area contributed by atoms with E-state index in [1.54, 1.807) is 24.3 Å². The summed E-state index contributed by atoms with van der Waals surface area (Å²) in [6, 6.07) is 14.1. The summed E-state index contributed by atoms with van der Waals surface area (Å²) >= 11 is 0. The Kier molecular flexibility index (Phi) is 5.86. The molecule has 0 unspecified atom stereocenters. The quantitative estimate of drug-likeness (QED) is 0.820. The highest BCUT2D eigenvalue weighted by molar-refractivity contribution is 5.91. The number of para-hydroxylation sites is 1. The molecule has 2 aromatic rings. The van der Waals surface area contributed by atoms with Crippen molar-refractivity contribution in [2.24, 2.45) is 0 Å². The minimum atomic E-state index is -2.90. The molecule has 0 bridgehead atoms. The zero-order valence-electron chi connectivity index (χ0n) is 12.6. The lowest BCUT2D eigenvalue weighted by Crippen LogP contribution is -2.21. The van der Waals surface area contributed by atoms with Crippen molar-refractivity contribution in [1.82, 2.24) is 5.32 Å². The molecule has 0 aliphatic rings. The summed E-state index contributed by atoms with van der Waals surface area (Å²) in [4.78, 5) is 11.8. The summed E-state index contributed by atoms with van der Waals surface area (Å²) in [6.07, 6.45) is 3.11. The van der Waals surface area contributed by atoms with Gasteiger partial charge in [-0.25, -0.2) is 0 Å². The molecular formula is C18H17F2NO2. The highest BCUT2D eigenvalue weighted by Gasteiger charge is 2.09.